The molecule has 2 aromatic rings. The second-order valence-electron chi connectivity index (χ2n) is 6.59. The maximum Gasteiger partial charge on any atom is 0.276 e. The molecule has 0 aliphatic carbocycles. The Morgan fingerprint density at radius 2 is 2.12 bits per heavy atom. The van der Waals surface area contributed by atoms with Crippen LogP contribution >= 0.6 is 0 Å². The third kappa shape index (κ3) is 3.85. The van der Waals surface area contributed by atoms with E-state index in [9.17, 15) is 4.79 Å². The number of hydrogen-bond donors (Lipinski definition) is 1. The lowest BCUT2D eigenvalue weighted by molar-refractivity contribution is 0.0756. The Morgan fingerprint density at radius 3 is 2.81 bits per heavy atom. The SMILES string of the molecule is COC[C@H](C)Nc1nc(C)nc2c1CCN(C(=O)c1ncoc1C)CC2. The molecular weight excluding hydrogens is 334 g/mol. The number of aromatic nitrogens is 3. The Morgan fingerprint density at radius 1 is 1.35 bits per heavy atom. The van der Waals surface area contributed by atoms with E-state index < -0.39 is 0 Å². The van der Waals surface area contributed by atoms with Crippen LogP contribution in [0.1, 0.15) is 40.3 Å². The summed E-state index contributed by atoms with van der Waals surface area (Å²) in [6.07, 6.45) is 2.69. The van der Waals surface area contributed by atoms with Crippen LogP contribution in [0, 0.1) is 13.8 Å². The van der Waals surface area contributed by atoms with E-state index in [4.69, 9.17) is 9.15 Å². The highest BCUT2D eigenvalue weighted by Crippen LogP contribution is 2.23. The highest BCUT2D eigenvalue weighted by molar-refractivity contribution is 5.93. The number of nitrogens with one attached hydrogen (secondary N) is 1. The molecule has 0 fully saturated rings. The van der Waals surface area contributed by atoms with Crippen LogP contribution in [0.5, 0.6) is 0 Å². The van der Waals surface area contributed by atoms with Crippen molar-refractivity contribution in [3.63, 3.8) is 0 Å². The first kappa shape index (κ1) is 18.3. The average molecular weight is 359 g/mol. The number of anilines is 1. The smallest absolute Gasteiger partial charge is 0.276 e. The van der Waals surface area contributed by atoms with E-state index in [-0.39, 0.29) is 11.9 Å². The van der Waals surface area contributed by atoms with Crippen molar-refractivity contribution in [2.75, 3.05) is 32.1 Å². The van der Waals surface area contributed by atoms with Crippen molar-refractivity contribution in [3.8, 4) is 0 Å². The number of aryl methyl sites for hydroxylation is 2. The fourth-order valence-electron chi connectivity index (χ4n) is 3.23. The summed E-state index contributed by atoms with van der Waals surface area (Å²) >= 11 is 0. The standard InChI is InChI=1S/C18H25N5O3/c1-11(9-25-4)20-17-14-5-7-23(8-6-15(14)21-13(3)22-17)18(24)16-12(2)26-10-19-16/h10-11H,5-9H2,1-4H3,(H,20,21,22)/t11-/m0/s1. The van der Waals surface area contributed by atoms with Gasteiger partial charge in [0.25, 0.3) is 5.91 Å². The molecule has 3 heterocycles. The van der Waals surface area contributed by atoms with Crippen LogP contribution in [-0.4, -0.2) is 58.6 Å². The molecular formula is C18H25N5O3. The van der Waals surface area contributed by atoms with E-state index in [0.717, 1.165) is 22.9 Å². The Balaban J connectivity index is 1.80. The van der Waals surface area contributed by atoms with Crippen molar-refractivity contribution < 1.29 is 13.9 Å². The molecule has 0 aromatic carbocycles. The van der Waals surface area contributed by atoms with Gasteiger partial charge in [0.05, 0.1) is 12.3 Å². The van der Waals surface area contributed by atoms with Gasteiger partial charge in [-0.25, -0.2) is 15.0 Å². The minimum absolute atomic E-state index is 0.101. The summed E-state index contributed by atoms with van der Waals surface area (Å²) in [5.74, 6) is 2.01. The summed E-state index contributed by atoms with van der Waals surface area (Å²) in [5, 5.41) is 3.41. The minimum Gasteiger partial charge on any atom is -0.448 e. The molecule has 1 aliphatic rings. The number of ether oxygens (including phenoxy) is 1. The van der Waals surface area contributed by atoms with Crippen molar-refractivity contribution in [1.82, 2.24) is 19.9 Å². The Bertz CT molecular complexity index is 789. The van der Waals surface area contributed by atoms with Gasteiger partial charge in [0, 0.05) is 38.2 Å². The summed E-state index contributed by atoms with van der Waals surface area (Å²) in [4.78, 5) is 27.8. The van der Waals surface area contributed by atoms with E-state index >= 15 is 0 Å². The van der Waals surface area contributed by atoms with Gasteiger partial charge in [-0.15, -0.1) is 0 Å². The predicted molar refractivity (Wildman–Crippen MR) is 96.3 cm³/mol. The monoisotopic (exact) mass is 359 g/mol. The fourth-order valence-corrected chi connectivity index (χ4v) is 3.23. The molecule has 140 valence electrons. The molecule has 0 unspecified atom stereocenters. The summed E-state index contributed by atoms with van der Waals surface area (Å²) in [6, 6.07) is 0.136. The molecule has 1 amide bonds. The molecule has 0 saturated carbocycles. The first-order valence-electron chi connectivity index (χ1n) is 8.80. The molecule has 0 saturated heterocycles. The van der Waals surface area contributed by atoms with Gasteiger partial charge < -0.3 is 19.4 Å². The Hall–Kier alpha value is -2.48. The second-order valence-corrected chi connectivity index (χ2v) is 6.59. The van der Waals surface area contributed by atoms with Gasteiger partial charge in [0.15, 0.2) is 12.1 Å². The van der Waals surface area contributed by atoms with E-state index in [1.54, 1.807) is 14.0 Å². The first-order chi connectivity index (χ1) is 12.5. The van der Waals surface area contributed by atoms with Crippen LogP contribution in [-0.2, 0) is 17.6 Å². The second kappa shape index (κ2) is 7.82. The topological polar surface area (TPSA) is 93.4 Å². The summed E-state index contributed by atoms with van der Waals surface area (Å²) in [6.45, 7) is 7.47. The molecule has 8 heteroatoms. The van der Waals surface area contributed by atoms with Gasteiger partial charge in [-0.3, -0.25) is 4.79 Å². The summed E-state index contributed by atoms with van der Waals surface area (Å²) < 4.78 is 10.4. The number of oxazole rings is 1. The van der Waals surface area contributed by atoms with Crippen LogP contribution in [0.2, 0.25) is 0 Å². The maximum absolute atomic E-state index is 12.7. The third-order valence-electron chi connectivity index (χ3n) is 4.49. The lowest BCUT2D eigenvalue weighted by Crippen LogP contribution is -2.34. The molecule has 1 atom stereocenters. The number of methoxy groups -OCH3 is 1. The molecule has 1 N–H and O–H groups in total. The van der Waals surface area contributed by atoms with Gasteiger partial charge in [-0.2, -0.15) is 0 Å². The van der Waals surface area contributed by atoms with Gasteiger partial charge >= 0.3 is 0 Å². The fraction of sp³-hybridized carbons (Fsp3) is 0.556. The van der Waals surface area contributed by atoms with Crippen LogP contribution in [0.15, 0.2) is 10.8 Å². The zero-order valence-corrected chi connectivity index (χ0v) is 15.7. The van der Waals surface area contributed by atoms with Crippen molar-refractivity contribution in [3.05, 3.63) is 34.9 Å². The highest BCUT2D eigenvalue weighted by Gasteiger charge is 2.26. The molecule has 26 heavy (non-hydrogen) atoms. The van der Waals surface area contributed by atoms with Crippen LogP contribution in [0.3, 0.4) is 0 Å². The lowest BCUT2D eigenvalue weighted by Gasteiger charge is -2.19. The van der Waals surface area contributed by atoms with E-state index in [0.29, 0.717) is 44.0 Å². The van der Waals surface area contributed by atoms with E-state index in [1.165, 1.54) is 6.39 Å². The van der Waals surface area contributed by atoms with Gasteiger partial charge in [-0.1, -0.05) is 0 Å². The third-order valence-corrected chi connectivity index (χ3v) is 4.49. The first-order valence-corrected chi connectivity index (χ1v) is 8.80. The van der Waals surface area contributed by atoms with Crippen molar-refractivity contribution in [2.24, 2.45) is 0 Å². The van der Waals surface area contributed by atoms with Crippen molar-refractivity contribution in [2.45, 2.75) is 39.7 Å². The van der Waals surface area contributed by atoms with E-state index in [1.807, 2.05) is 18.7 Å². The van der Waals surface area contributed by atoms with Crippen LogP contribution in [0.25, 0.3) is 0 Å². The Labute approximate surface area is 153 Å². The average Bonchev–Trinajstić information content (AvgIpc) is 2.90. The largest absolute Gasteiger partial charge is 0.448 e. The van der Waals surface area contributed by atoms with Gasteiger partial charge in [0.2, 0.25) is 0 Å². The maximum atomic E-state index is 12.7. The molecule has 3 rings (SSSR count). The molecule has 0 radical (unpaired) electrons. The van der Waals surface area contributed by atoms with Crippen molar-refractivity contribution >= 4 is 11.7 Å². The molecule has 2 aromatic heterocycles. The van der Waals surface area contributed by atoms with Gasteiger partial charge in [-0.05, 0) is 27.2 Å². The molecule has 8 nitrogen and oxygen atoms in total. The lowest BCUT2D eigenvalue weighted by atomic mass is 10.1. The minimum atomic E-state index is -0.101. The number of carbonyl (C=O) groups excluding carboxylic acids is 1. The van der Waals surface area contributed by atoms with Crippen molar-refractivity contribution in [1.29, 1.82) is 0 Å². The summed E-state index contributed by atoms with van der Waals surface area (Å²) in [5.41, 5.74) is 2.45. The van der Waals surface area contributed by atoms with E-state index in [2.05, 4.69) is 20.3 Å². The normalized spacial score (nSPS) is 15.3. The Kier molecular flexibility index (Phi) is 5.51. The highest BCUT2D eigenvalue weighted by atomic mass is 16.5. The molecule has 0 bridgehead atoms. The number of rotatable bonds is 5. The number of nitrogens with zero attached hydrogens (tertiary/aromatic N) is 4. The zero-order chi connectivity index (χ0) is 18.7. The molecule has 1 aliphatic heterocycles. The zero-order valence-electron chi connectivity index (χ0n) is 15.7. The van der Waals surface area contributed by atoms with Crippen LogP contribution < -0.4 is 5.32 Å². The van der Waals surface area contributed by atoms with Gasteiger partial charge in [0.1, 0.15) is 17.4 Å². The quantitative estimate of drug-likeness (QED) is 0.869. The van der Waals surface area contributed by atoms with Crippen LogP contribution in [0.4, 0.5) is 5.82 Å². The summed E-state index contributed by atoms with van der Waals surface area (Å²) in [7, 11) is 1.68. The number of fused-ring (bicyclic) bond motifs is 1. The number of carbonyl (C=O) groups is 1. The number of hydrogen-bond acceptors (Lipinski definition) is 7. The predicted octanol–water partition coefficient (Wildman–Crippen LogP) is 1.77. The molecule has 0 spiro atoms. The number of amides is 1.